The average Bonchev–Trinajstić information content (AvgIpc) is 2.26. The molecule has 0 amide bonds. The van der Waals surface area contributed by atoms with Gasteiger partial charge in [0.15, 0.2) is 0 Å². The molecule has 0 bridgehead atoms. The zero-order valence-electron chi connectivity index (χ0n) is 10.7. The molecule has 0 radical (unpaired) electrons. The van der Waals surface area contributed by atoms with Crippen molar-refractivity contribution >= 4 is 24.8 Å². The Balaban J connectivity index is 2.33. The highest BCUT2D eigenvalue weighted by atomic mass is 28.4. The van der Waals surface area contributed by atoms with E-state index in [1.807, 2.05) is 6.07 Å². The summed E-state index contributed by atoms with van der Waals surface area (Å²) < 4.78 is 5.92. The molecule has 2 aromatic carbocycles. The van der Waals surface area contributed by atoms with Crippen molar-refractivity contribution < 1.29 is 4.43 Å². The Morgan fingerprint density at radius 1 is 1.00 bits per heavy atom. The third-order valence-electron chi connectivity index (χ3n) is 2.50. The van der Waals surface area contributed by atoms with E-state index in [9.17, 15) is 0 Å². The minimum atomic E-state index is -1.57. The average molecular weight is 242 g/mol. The summed E-state index contributed by atoms with van der Waals surface area (Å²) in [4.78, 5) is 0. The second-order valence-electron chi connectivity index (χ2n) is 5.20. The third-order valence-corrected chi connectivity index (χ3v) is 3.36. The Labute approximate surface area is 104 Å². The normalized spacial score (nSPS) is 11.5. The molecule has 0 fully saturated rings. The molecule has 0 saturated carbocycles. The fourth-order valence-corrected chi connectivity index (χ4v) is 2.65. The minimum absolute atomic E-state index is 0.787. The van der Waals surface area contributed by atoms with Crippen LogP contribution in [0.4, 0.5) is 0 Å². The molecule has 0 aromatic heterocycles. The lowest BCUT2D eigenvalue weighted by molar-refractivity contribution is 0.516. The van der Waals surface area contributed by atoms with Crippen LogP contribution in [-0.4, -0.2) is 8.32 Å². The monoisotopic (exact) mass is 242 g/mol. The quantitative estimate of drug-likeness (QED) is 0.562. The highest BCUT2D eigenvalue weighted by molar-refractivity contribution is 6.70. The first kappa shape index (κ1) is 11.9. The smallest absolute Gasteiger partial charge is 0.242 e. The molecule has 1 nitrogen and oxygen atoms in total. The van der Waals surface area contributed by atoms with Crippen LogP contribution in [0, 0.1) is 0 Å². The number of hydrogen-bond donors (Lipinski definition) is 0. The van der Waals surface area contributed by atoms with Crippen LogP contribution in [0.15, 0.2) is 49.0 Å². The van der Waals surface area contributed by atoms with E-state index in [-0.39, 0.29) is 0 Å². The van der Waals surface area contributed by atoms with Gasteiger partial charge in [0.05, 0.1) is 0 Å². The standard InChI is InChI=1S/C15H18OSi/c1-12(16-17(2,3)4)14-10-9-13-7-5-6-8-15(13)11-14/h5-11H,1H2,2-4H3. The van der Waals surface area contributed by atoms with Gasteiger partial charge in [-0.2, -0.15) is 0 Å². The van der Waals surface area contributed by atoms with Crippen molar-refractivity contribution in [1.82, 2.24) is 0 Å². The molecule has 0 N–H and O–H groups in total. The van der Waals surface area contributed by atoms with E-state index in [2.05, 4.69) is 62.6 Å². The lowest BCUT2D eigenvalue weighted by Crippen LogP contribution is -2.24. The van der Waals surface area contributed by atoms with Gasteiger partial charge >= 0.3 is 0 Å². The Hall–Kier alpha value is -1.54. The van der Waals surface area contributed by atoms with E-state index in [4.69, 9.17) is 4.43 Å². The molecule has 2 aromatic rings. The maximum Gasteiger partial charge on any atom is 0.242 e. The molecular weight excluding hydrogens is 224 g/mol. The molecule has 88 valence electrons. The summed E-state index contributed by atoms with van der Waals surface area (Å²) in [5.74, 6) is 0.787. The van der Waals surface area contributed by atoms with E-state index < -0.39 is 8.32 Å². The first-order chi connectivity index (χ1) is 7.96. The van der Waals surface area contributed by atoms with Crippen LogP contribution in [-0.2, 0) is 4.43 Å². The molecule has 0 aliphatic rings. The molecule has 2 heteroatoms. The topological polar surface area (TPSA) is 9.23 Å². The van der Waals surface area contributed by atoms with Crippen LogP contribution in [0.2, 0.25) is 19.6 Å². The van der Waals surface area contributed by atoms with Crippen molar-refractivity contribution in [1.29, 1.82) is 0 Å². The SMILES string of the molecule is C=C(O[Si](C)(C)C)c1ccc2ccccc2c1. The molecule has 0 aliphatic carbocycles. The molecule has 0 atom stereocenters. The van der Waals surface area contributed by atoms with Crippen LogP contribution >= 0.6 is 0 Å². The Bertz CT molecular complexity index is 552. The molecule has 2 rings (SSSR count). The maximum atomic E-state index is 5.92. The van der Waals surface area contributed by atoms with E-state index in [1.54, 1.807) is 0 Å². The summed E-state index contributed by atoms with van der Waals surface area (Å²) in [5, 5.41) is 2.47. The zero-order chi connectivity index (χ0) is 12.5. The molecule has 0 unspecified atom stereocenters. The van der Waals surface area contributed by atoms with Gasteiger partial charge in [0, 0.05) is 5.56 Å². The number of hydrogen-bond acceptors (Lipinski definition) is 1. The molecule has 0 spiro atoms. The van der Waals surface area contributed by atoms with E-state index in [1.165, 1.54) is 10.8 Å². The number of fused-ring (bicyclic) bond motifs is 1. The summed E-state index contributed by atoms with van der Waals surface area (Å²) in [5.41, 5.74) is 1.08. The van der Waals surface area contributed by atoms with Crippen LogP contribution in [0.1, 0.15) is 5.56 Å². The van der Waals surface area contributed by atoms with E-state index in [0.29, 0.717) is 0 Å². The molecule has 0 saturated heterocycles. The lowest BCUT2D eigenvalue weighted by atomic mass is 10.1. The highest BCUT2D eigenvalue weighted by Crippen LogP contribution is 2.23. The first-order valence-electron chi connectivity index (χ1n) is 5.83. The van der Waals surface area contributed by atoms with Gasteiger partial charge in [-0.1, -0.05) is 43.0 Å². The third kappa shape index (κ3) is 2.98. The van der Waals surface area contributed by atoms with Gasteiger partial charge in [-0.25, -0.2) is 0 Å². The molecule has 0 heterocycles. The Morgan fingerprint density at radius 3 is 2.29 bits per heavy atom. The van der Waals surface area contributed by atoms with Gasteiger partial charge in [0.2, 0.25) is 8.32 Å². The molecular formula is C15H18OSi. The molecule has 17 heavy (non-hydrogen) atoms. The van der Waals surface area contributed by atoms with E-state index in [0.717, 1.165) is 11.3 Å². The van der Waals surface area contributed by atoms with Crippen molar-refractivity contribution in [3.8, 4) is 0 Å². The van der Waals surface area contributed by atoms with Crippen molar-refractivity contribution in [3.05, 3.63) is 54.6 Å². The predicted octanol–water partition coefficient (Wildman–Crippen LogP) is 4.66. The van der Waals surface area contributed by atoms with Crippen LogP contribution in [0.5, 0.6) is 0 Å². The first-order valence-corrected chi connectivity index (χ1v) is 9.24. The summed E-state index contributed by atoms with van der Waals surface area (Å²) in [6, 6.07) is 14.7. The number of rotatable bonds is 3. The Morgan fingerprint density at radius 2 is 1.65 bits per heavy atom. The van der Waals surface area contributed by atoms with Crippen molar-refractivity contribution in [2.75, 3.05) is 0 Å². The predicted molar refractivity (Wildman–Crippen MR) is 77.4 cm³/mol. The van der Waals surface area contributed by atoms with Crippen LogP contribution < -0.4 is 0 Å². The van der Waals surface area contributed by atoms with Crippen LogP contribution in [0.3, 0.4) is 0 Å². The van der Waals surface area contributed by atoms with Crippen molar-refractivity contribution in [2.45, 2.75) is 19.6 Å². The summed E-state index contributed by atoms with van der Waals surface area (Å²) in [7, 11) is -1.57. The summed E-state index contributed by atoms with van der Waals surface area (Å²) in [6.45, 7) is 10.5. The second kappa shape index (κ2) is 4.38. The van der Waals surface area contributed by atoms with Gasteiger partial charge in [-0.3, -0.25) is 0 Å². The number of benzene rings is 2. The molecule has 0 aliphatic heterocycles. The second-order valence-corrected chi connectivity index (χ2v) is 9.63. The fourth-order valence-electron chi connectivity index (χ4n) is 1.79. The highest BCUT2D eigenvalue weighted by Gasteiger charge is 2.17. The van der Waals surface area contributed by atoms with Gasteiger partial charge in [-0.15, -0.1) is 0 Å². The van der Waals surface area contributed by atoms with Gasteiger partial charge < -0.3 is 4.43 Å². The minimum Gasteiger partial charge on any atom is -0.544 e. The van der Waals surface area contributed by atoms with E-state index >= 15 is 0 Å². The van der Waals surface area contributed by atoms with Gasteiger partial charge in [0.1, 0.15) is 5.76 Å². The zero-order valence-corrected chi connectivity index (χ0v) is 11.7. The van der Waals surface area contributed by atoms with Gasteiger partial charge in [0.25, 0.3) is 0 Å². The lowest BCUT2D eigenvalue weighted by Gasteiger charge is -2.21. The summed E-state index contributed by atoms with van der Waals surface area (Å²) >= 11 is 0. The van der Waals surface area contributed by atoms with Crippen molar-refractivity contribution in [3.63, 3.8) is 0 Å². The Kier molecular flexibility index (Phi) is 3.07. The van der Waals surface area contributed by atoms with Crippen LogP contribution in [0.25, 0.3) is 16.5 Å². The maximum absolute atomic E-state index is 5.92. The summed E-state index contributed by atoms with van der Waals surface area (Å²) in [6.07, 6.45) is 0. The van der Waals surface area contributed by atoms with Crippen molar-refractivity contribution in [2.24, 2.45) is 0 Å². The van der Waals surface area contributed by atoms with Gasteiger partial charge in [-0.05, 0) is 36.5 Å². The largest absolute Gasteiger partial charge is 0.544 e. The fraction of sp³-hybridized carbons (Fsp3) is 0.200.